The minimum absolute atomic E-state index is 0.0277. The summed E-state index contributed by atoms with van der Waals surface area (Å²) in [6.45, 7) is 4.21. The lowest BCUT2D eigenvalue weighted by atomic mass is 10.0. The van der Waals surface area contributed by atoms with E-state index < -0.39 is 26.5 Å². The lowest BCUT2D eigenvalue weighted by Crippen LogP contribution is -2.37. The molecule has 2 atom stereocenters. The molecule has 0 spiro atoms. The van der Waals surface area contributed by atoms with Crippen molar-refractivity contribution in [3.63, 3.8) is 0 Å². The molecule has 2 unspecified atom stereocenters. The van der Waals surface area contributed by atoms with Gasteiger partial charge in [0.05, 0.1) is 27.7 Å². The molecule has 0 radical (unpaired) electrons. The van der Waals surface area contributed by atoms with Crippen LogP contribution in [0.2, 0.25) is 0 Å². The van der Waals surface area contributed by atoms with Gasteiger partial charge in [0.1, 0.15) is 19.8 Å². The molecule has 0 rings (SSSR count). The SMILES string of the molecule is CC/C=C\C/C=C\C/C=C\C/C=C\C/C=C\CCCCCCCCCCCCCCCCCCCCCCCCCC(=O)OC(COC(=O)CCCCCCCCCCCCCCCCCCCCCCCCCCCCCCCCCCCC)COP(=O)([O-])OCC[N+](C)(C)C. The largest absolute Gasteiger partial charge is 0.756 e. The molecule has 0 aliphatic rings. The maximum Gasteiger partial charge on any atom is 0.306 e. The van der Waals surface area contributed by atoms with Crippen LogP contribution in [0.15, 0.2) is 60.8 Å². The highest BCUT2D eigenvalue weighted by Crippen LogP contribution is 2.38. The summed E-state index contributed by atoms with van der Waals surface area (Å²) in [6.07, 6.45) is 105. The number of carbonyl (C=O) groups is 2. The molecule has 0 aliphatic heterocycles. The van der Waals surface area contributed by atoms with Gasteiger partial charge in [-0.05, 0) is 57.8 Å². The number of likely N-dealkylation sites (N-methyl/N-ethyl adjacent to an activating group) is 1. The van der Waals surface area contributed by atoms with Gasteiger partial charge in [0.15, 0.2) is 6.10 Å². The average molecular weight is 1380 g/mol. The highest BCUT2D eigenvalue weighted by atomic mass is 31.2. The third-order valence-electron chi connectivity index (χ3n) is 19.3. The van der Waals surface area contributed by atoms with Crippen LogP contribution < -0.4 is 4.89 Å². The first kappa shape index (κ1) is 94.7. The Morgan fingerprint density at radius 2 is 0.588 bits per heavy atom. The maximum atomic E-state index is 12.9. The molecule has 97 heavy (non-hydrogen) atoms. The number of esters is 2. The van der Waals surface area contributed by atoms with Gasteiger partial charge in [0.2, 0.25) is 0 Å². The molecule has 9 nitrogen and oxygen atoms in total. The van der Waals surface area contributed by atoms with Gasteiger partial charge in [-0.1, -0.05) is 421 Å². The van der Waals surface area contributed by atoms with Gasteiger partial charge in [-0.15, -0.1) is 0 Å². The highest BCUT2D eigenvalue weighted by Gasteiger charge is 2.22. The number of unbranched alkanes of at least 4 members (excludes halogenated alkanes) is 56. The Morgan fingerprint density at radius 3 is 0.876 bits per heavy atom. The van der Waals surface area contributed by atoms with Crippen LogP contribution in [0.1, 0.15) is 431 Å². The van der Waals surface area contributed by atoms with Gasteiger partial charge in [0.25, 0.3) is 7.82 Å². The molecule has 0 heterocycles. The Morgan fingerprint density at radius 1 is 0.330 bits per heavy atom. The summed E-state index contributed by atoms with van der Waals surface area (Å²) in [7, 11) is 1.19. The van der Waals surface area contributed by atoms with Gasteiger partial charge in [-0.3, -0.25) is 14.2 Å². The number of rotatable bonds is 80. The summed E-state index contributed by atoms with van der Waals surface area (Å²) in [5.41, 5.74) is 0. The summed E-state index contributed by atoms with van der Waals surface area (Å²) in [4.78, 5) is 38.2. The van der Waals surface area contributed by atoms with Crippen molar-refractivity contribution in [1.29, 1.82) is 0 Å². The van der Waals surface area contributed by atoms with Gasteiger partial charge in [-0.25, -0.2) is 0 Å². The Labute approximate surface area is 604 Å². The lowest BCUT2D eigenvalue weighted by Gasteiger charge is -2.28. The molecule has 0 aromatic rings. The molecule has 0 bridgehead atoms. The summed E-state index contributed by atoms with van der Waals surface area (Å²) < 4.78 is 34.5. The molecule has 0 saturated heterocycles. The van der Waals surface area contributed by atoms with E-state index in [9.17, 15) is 19.0 Å². The molecule has 0 aromatic carbocycles. The molecule has 0 amide bonds. The van der Waals surface area contributed by atoms with E-state index in [2.05, 4.69) is 74.6 Å². The van der Waals surface area contributed by atoms with Crippen molar-refractivity contribution in [3.05, 3.63) is 60.8 Å². The first-order chi connectivity index (χ1) is 47.5. The number of phosphoric acid groups is 1. The molecular weight excluding hydrogens is 1220 g/mol. The van der Waals surface area contributed by atoms with Crippen LogP contribution in [0, 0.1) is 0 Å². The Bertz CT molecular complexity index is 1820. The fourth-order valence-electron chi connectivity index (χ4n) is 12.9. The molecule has 10 heteroatoms. The van der Waals surface area contributed by atoms with E-state index in [1.807, 2.05) is 21.1 Å². The van der Waals surface area contributed by atoms with Crippen LogP contribution in [0.4, 0.5) is 0 Å². The Hall–Kier alpha value is -2.29. The van der Waals surface area contributed by atoms with Crippen molar-refractivity contribution >= 4 is 19.8 Å². The quantitative estimate of drug-likeness (QED) is 0.0195. The van der Waals surface area contributed by atoms with E-state index in [1.165, 1.54) is 334 Å². The van der Waals surface area contributed by atoms with Crippen LogP contribution in [-0.2, 0) is 32.7 Å². The second kappa shape index (κ2) is 77.9. The third-order valence-corrected chi connectivity index (χ3v) is 20.3. The zero-order chi connectivity index (χ0) is 70.4. The smallest absolute Gasteiger partial charge is 0.306 e. The van der Waals surface area contributed by atoms with E-state index in [0.717, 1.165) is 64.2 Å². The van der Waals surface area contributed by atoms with E-state index in [0.29, 0.717) is 17.4 Å². The molecule has 0 fully saturated rings. The summed E-state index contributed by atoms with van der Waals surface area (Å²) >= 11 is 0. The Balaban J connectivity index is 3.87. The van der Waals surface area contributed by atoms with E-state index >= 15 is 0 Å². The van der Waals surface area contributed by atoms with E-state index in [-0.39, 0.29) is 32.0 Å². The van der Waals surface area contributed by atoms with Crippen LogP contribution in [0.3, 0.4) is 0 Å². The minimum atomic E-state index is -4.64. The van der Waals surface area contributed by atoms with Gasteiger partial charge in [0, 0.05) is 12.8 Å². The van der Waals surface area contributed by atoms with Crippen LogP contribution in [-0.4, -0.2) is 70.0 Å². The number of carbonyl (C=O) groups excluding carboxylic acids is 2. The minimum Gasteiger partial charge on any atom is -0.756 e. The Kier molecular flexibility index (Phi) is 76.0. The van der Waals surface area contributed by atoms with Crippen LogP contribution in [0.25, 0.3) is 0 Å². The number of nitrogens with zero attached hydrogens (tertiary/aromatic N) is 1. The predicted octanol–water partition coefficient (Wildman–Crippen LogP) is 27.8. The predicted molar refractivity (Wildman–Crippen MR) is 420 cm³/mol. The number of phosphoric ester groups is 1. The van der Waals surface area contributed by atoms with Gasteiger partial charge < -0.3 is 27.9 Å². The zero-order valence-electron chi connectivity index (χ0n) is 65.3. The van der Waals surface area contributed by atoms with Crippen LogP contribution in [0.5, 0.6) is 0 Å². The standard InChI is InChI=1S/C87H164NO8P/c1-6-8-10-12-14-16-18-20-22-24-26-28-30-32-34-36-38-40-42-43-44-45-46-48-50-52-54-56-58-60-62-64-66-68-70-72-74-76-78-80-87(90)96-85(84-95-97(91,92)94-82-81-88(3,4)5)83-93-86(89)79-77-75-73-71-69-67-65-63-61-59-57-55-53-51-49-47-41-39-37-35-33-31-29-27-25-23-21-19-17-15-13-11-9-7-2/h8,10,14,16,20,22,26,28,32,34,85H,6-7,9,11-13,15,17-19,21,23-25,27,29-31,33,35-84H2,1-5H3/b10-8-,16-14-,22-20-,28-26-,34-32-. The number of hydrogen-bond donors (Lipinski definition) is 0. The average Bonchev–Trinajstić information content (AvgIpc) is 1.69. The number of ether oxygens (including phenoxy) is 2. The summed E-state index contributed by atoms with van der Waals surface area (Å²) in [6, 6.07) is 0. The van der Waals surface area contributed by atoms with E-state index in [1.54, 1.807) is 0 Å². The number of allylic oxidation sites excluding steroid dienone is 10. The van der Waals surface area contributed by atoms with Gasteiger partial charge >= 0.3 is 11.9 Å². The lowest BCUT2D eigenvalue weighted by molar-refractivity contribution is -0.870. The number of hydrogen-bond acceptors (Lipinski definition) is 8. The fourth-order valence-corrected chi connectivity index (χ4v) is 13.6. The molecule has 0 aromatic heterocycles. The molecular formula is C87H164NO8P. The summed E-state index contributed by atoms with van der Waals surface area (Å²) in [5, 5.41) is 0. The van der Waals surface area contributed by atoms with Crippen molar-refractivity contribution in [2.75, 3.05) is 47.5 Å². The molecule has 0 aliphatic carbocycles. The number of quaternary nitrogens is 1. The van der Waals surface area contributed by atoms with Crippen LogP contribution >= 0.6 is 7.82 Å². The topological polar surface area (TPSA) is 111 Å². The van der Waals surface area contributed by atoms with Crippen molar-refractivity contribution < 1.29 is 42.1 Å². The normalized spacial score (nSPS) is 13.3. The molecule has 0 saturated carbocycles. The maximum absolute atomic E-state index is 12.9. The fraction of sp³-hybridized carbons (Fsp3) is 0.862. The second-order valence-corrected chi connectivity index (χ2v) is 31.6. The van der Waals surface area contributed by atoms with E-state index in [4.69, 9.17) is 18.5 Å². The first-order valence-corrected chi connectivity index (χ1v) is 44.0. The first-order valence-electron chi connectivity index (χ1n) is 42.5. The monoisotopic (exact) mass is 1380 g/mol. The van der Waals surface area contributed by atoms with Crippen molar-refractivity contribution in [2.24, 2.45) is 0 Å². The zero-order valence-corrected chi connectivity index (χ0v) is 66.2. The van der Waals surface area contributed by atoms with Crippen molar-refractivity contribution in [1.82, 2.24) is 0 Å². The second-order valence-electron chi connectivity index (χ2n) is 30.2. The van der Waals surface area contributed by atoms with Gasteiger partial charge in [-0.2, -0.15) is 0 Å². The van der Waals surface area contributed by atoms with Crippen molar-refractivity contribution in [2.45, 2.75) is 437 Å². The molecule has 0 N–H and O–H groups in total. The molecule has 570 valence electrons. The summed E-state index contributed by atoms with van der Waals surface area (Å²) in [5.74, 6) is -0.806. The third kappa shape index (κ3) is 82.6. The van der Waals surface area contributed by atoms with Crippen molar-refractivity contribution in [3.8, 4) is 0 Å². The highest BCUT2D eigenvalue weighted by molar-refractivity contribution is 7.45.